The first-order valence-electron chi connectivity index (χ1n) is 50.8. The number of para-hydroxylation sites is 3. The third-order valence-electron chi connectivity index (χ3n) is 33.7. The van der Waals surface area contributed by atoms with Crippen LogP contribution in [0.15, 0.2) is 264 Å². The number of halogens is 11. The number of benzene rings is 14. The Bertz CT molecular complexity index is 8490. The van der Waals surface area contributed by atoms with Gasteiger partial charge in [0.1, 0.15) is 22.7 Å². The minimum atomic E-state index is -2.23. The lowest BCUT2D eigenvalue weighted by atomic mass is 9.36. The summed E-state index contributed by atoms with van der Waals surface area (Å²) in [5.74, 6) is -21.4. The second-order valence-corrected chi connectivity index (χ2v) is 49.0. The quantitative estimate of drug-likeness (QED) is 0.0682. The Labute approximate surface area is 863 Å². The number of thiophene rings is 2. The Morgan fingerprint density at radius 3 is 1.14 bits per heavy atom. The average molecular weight is 2020 g/mol. The highest BCUT2D eigenvalue weighted by molar-refractivity contribution is 7.34. The topological polar surface area (TPSA) is 42.5 Å². The second-order valence-electron chi connectivity index (χ2n) is 46.4. The van der Waals surface area contributed by atoms with Crippen LogP contribution in [0.3, 0.4) is 0 Å². The lowest BCUT2D eigenvalue weighted by Crippen LogP contribution is -2.60. The molecule has 147 heavy (non-hydrogen) atoms. The van der Waals surface area contributed by atoms with E-state index >= 15 is 17.6 Å². The van der Waals surface area contributed by atoms with Gasteiger partial charge in [-0.25, -0.2) is 43.9 Å². The minimum Gasteiger partial charge on any atom is -0.456 e. The molecular formula is C125H108B2ClF10N5O2S2. The van der Waals surface area contributed by atoms with E-state index in [1.54, 1.807) is 39.9 Å². The van der Waals surface area contributed by atoms with Gasteiger partial charge in [-0.15, -0.1) is 22.7 Å². The van der Waals surface area contributed by atoms with Crippen LogP contribution in [0.25, 0.3) is 64.8 Å². The molecule has 5 aliphatic heterocycles. The Balaban J connectivity index is 0.000000139. The predicted molar refractivity (Wildman–Crippen MR) is 588 cm³/mol. The maximum atomic E-state index is 15.6. The molecule has 0 bridgehead atoms. The number of furan rings is 2. The molecule has 4 atom stereocenters. The fourth-order valence-corrected chi connectivity index (χ4v) is 28.3. The molecule has 0 spiro atoms. The largest absolute Gasteiger partial charge is 0.456 e. The highest BCUT2D eigenvalue weighted by atomic mass is 35.5. The summed E-state index contributed by atoms with van der Waals surface area (Å²) in [6.07, 6.45) is 11.3. The fraction of sp³-hybridized carbons (Fsp3) is 0.264. The standard InChI is InChI=1S/C62H53BF5N3OS.C48H35BClF5N2OS.C15H20/c1-59(2,3)35-20-23-38(24-21-35)70-46-32-39(71-43-19-13-12-18-41(43)61(7)26-14-15-27-62(61,71)8)31-45-51(46)63(58-57(70)40-30-36(60(4,5)6)22-25-49(40)73-58)42-28-34-29-48(50-52(64)54(66)56(68)55(67)53(50)65)72-47(34)33-44(42)69(45)37-16-10-9-11-17-37;1-47(2,3)25-12-15-29(16-13-25)57-34-22-27(50)21-33-39(34)49(46-45(57)30-20-26(48(4,5)6)14-17-37(30)59-46)31-18-24-19-36(38-40(51)42(53)44(55)43(54)41(38)52)58-35(24)23-32(31)56(33)28-10-8-7-9-11-28;1-14-9-5-6-10-15(14,2)13-8-4-3-7-12(13)11-14/h9-13,16-25,28-33H,14-15,26-27H2,1-8H3;7-23H,1-6H3;3-4,7-8H,5-6,9-11H2,1-2H3. The average Bonchev–Trinajstić information content (AvgIpc) is 1.59. The van der Waals surface area contributed by atoms with Crippen molar-refractivity contribution in [2.45, 2.75) is 207 Å². The van der Waals surface area contributed by atoms with E-state index in [4.69, 9.17) is 20.4 Å². The van der Waals surface area contributed by atoms with Crippen molar-refractivity contribution in [1.82, 2.24) is 0 Å². The number of hydrogen-bond donors (Lipinski definition) is 0. The van der Waals surface area contributed by atoms with Gasteiger partial charge in [-0.2, -0.15) is 0 Å². The fourth-order valence-electron chi connectivity index (χ4n) is 25.5. The summed E-state index contributed by atoms with van der Waals surface area (Å²) in [5, 5.41) is 3.64. The van der Waals surface area contributed by atoms with Crippen molar-refractivity contribution in [3.8, 4) is 22.6 Å². The number of nitrogens with zero attached hydrogens (tertiary/aromatic N) is 5. The van der Waals surface area contributed by atoms with Crippen molar-refractivity contribution in [2.24, 2.45) is 5.41 Å². The molecule has 22 heteroatoms. The van der Waals surface area contributed by atoms with Crippen molar-refractivity contribution >= 4 is 201 Å². The summed E-state index contributed by atoms with van der Waals surface area (Å²) in [5.41, 5.74) is 25.0. The molecule has 9 heterocycles. The monoisotopic (exact) mass is 2020 g/mol. The number of fused-ring (bicyclic) bond motifs is 20. The van der Waals surface area contributed by atoms with E-state index in [-0.39, 0.29) is 57.2 Å². The molecule has 4 unspecified atom stereocenters. The second kappa shape index (κ2) is 33.9. The molecule has 0 saturated heterocycles. The van der Waals surface area contributed by atoms with Gasteiger partial charge in [-0.3, -0.25) is 0 Å². The van der Waals surface area contributed by atoms with E-state index < -0.39 is 80.8 Å². The van der Waals surface area contributed by atoms with Crippen molar-refractivity contribution in [3.63, 3.8) is 0 Å². The van der Waals surface area contributed by atoms with Crippen LogP contribution < -0.4 is 55.9 Å². The highest BCUT2D eigenvalue weighted by Gasteiger charge is 2.59. The van der Waals surface area contributed by atoms with Gasteiger partial charge in [0.15, 0.2) is 46.5 Å². The van der Waals surface area contributed by atoms with E-state index in [2.05, 4.69) is 293 Å². The molecule has 0 radical (unpaired) electrons. The minimum absolute atomic E-state index is 0.0582. The van der Waals surface area contributed by atoms with E-state index in [1.165, 1.54) is 77.7 Å². The number of rotatable bonds is 7. The third kappa shape index (κ3) is 14.7. The third-order valence-corrected chi connectivity index (χ3v) is 36.3. The predicted octanol–water partition coefficient (Wildman–Crippen LogP) is 33.9. The molecule has 4 aromatic heterocycles. The van der Waals surface area contributed by atoms with Crippen LogP contribution in [-0.4, -0.2) is 19.0 Å². The molecule has 14 aromatic carbocycles. The van der Waals surface area contributed by atoms with Crippen molar-refractivity contribution in [1.29, 1.82) is 0 Å². The summed E-state index contributed by atoms with van der Waals surface area (Å²) < 4.78 is 165. The van der Waals surface area contributed by atoms with Gasteiger partial charge >= 0.3 is 0 Å². The van der Waals surface area contributed by atoms with Crippen LogP contribution in [0.5, 0.6) is 0 Å². The van der Waals surface area contributed by atoms with Gasteiger partial charge in [-0.05, 0) is 248 Å². The lowest BCUT2D eigenvalue weighted by Gasteiger charge is -2.51. The van der Waals surface area contributed by atoms with Gasteiger partial charge in [0.25, 0.3) is 13.4 Å². The molecular weight excluding hydrogens is 1910 g/mol. The van der Waals surface area contributed by atoms with Gasteiger partial charge in [0.05, 0.1) is 28.0 Å². The molecule has 18 aromatic rings. The number of hydrogen-bond acceptors (Lipinski definition) is 9. The zero-order valence-corrected chi connectivity index (χ0v) is 87.2. The van der Waals surface area contributed by atoms with Crippen LogP contribution in [0.2, 0.25) is 5.02 Å². The SMILES string of the molecule is CC(C)(C)c1ccc(N2c3cc(Cl)cc4c3B(c3cc5cc(-c6c(F)c(F)c(F)c(F)c6F)oc5cc3N4c3ccccc3)c3sc4ccc(C(C)(C)C)cc4c32)cc1.CC(C)(C)c1ccc(N2c3cc(N4c5ccccc5C5(C)CCCCC45C)cc4c3B(c3cc5cc(-c6c(F)c(F)c(F)c(F)c6F)oc5cc3N4c3ccccc3)c3sc4ccc(C(C)(C)C)cc4c32)cc1.CC12CCCCC1(C)c1ccccc1C2. The maximum absolute atomic E-state index is 15.6. The Morgan fingerprint density at radius 1 is 0.327 bits per heavy atom. The molecule has 740 valence electrons. The van der Waals surface area contributed by atoms with E-state index in [0.717, 1.165) is 151 Å². The molecule has 26 rings (SSSR count). The number of anilines is 14. The van der Waals surface area contributed by atoms with E-state index in [9.17, 15) is 26.3 Å². The first-order valence-corrected chi connectivity index (χ1v) is 52.8. The van der Waals surface area contributed by atoms with E-state index in [1.807, 2.05) is 78.9 Å². The molecule has 8 aliphatic rings. The molecule has 2 fully saturated rings. The van der Waals surface area contributed by atoms with Crippen LogP contribution in [-0.2, 0) is 38.9 Å². The molecule has 7 nitrogen and oxygen atoms in total. The van der Waals surface area contributed by atoms with Crippen molar-refractivity contribution < 1.29 is 52.7 Å². The first-order chi connectivity index (χ1) is 69.9. The first kappa shape index (κ1) is 96.0. The molecule has 2 saturated carbocycles. The van der Waals surface area contributed by atoms with Gasteiger partial charge < -0.3 is 33.3 Å². The molecule has 0 N–H and O–H groups in total. The Morgan fingerprint density at radius 2 is 0.694 bits per heavy atom. The smallest absolute Gasteiger partial charge is 0.264 e. The highest BCUT2D eigenvalue weighted by Crippen LogP contribution is 2.64. The maximum Gasteiger partial charge on any atom is 0.264 e. The van der Waals surface area contributed by atoms with Crippen LogP contribution in [0.1, 0.15) is 201 Å². The zero-order chi connectivity index (χ0) is 103. The zero-order valence-electron chi connectivity index (χ0n) is 84.8. The molecule has 0 amide bonds. The Hall–Kier alpha value is -13.2. The van der Waals surface area contributed by atoms with Crippen LogP contribution in [0.4, 0.5) is 124 Å². The van der Waals surface area contributed by atoms with Gasteiger partial charge in [-0.1, -0.05) is 269 Å². The van der Waals surface area contributed by atoms with Crippen LogP contribution >= 0.6 is 34.3 Å². The van der Waals surface area contributed by atoms with Crippen LogP contribution in [0, 0.1) is 63.6 Å². The van der Waals surface area contributed by atoms with Gasteiger partial charge in [0, 0.05) is 131 Å². The van der Waals surface area contributed by atoms with Gasteiger partial charge in [0.2, 0.25) is 11.6 Å². The van der Waals surface area contributed by atoms with E-state index in [0.29, 0.717) is 26.6 Å². The van der Waals surface area contributed by atoms with Crippen molar-refractivity contribution in [2.75, 3.05) is 24.5 Å². The Kier molecular flexibility index (Phi) is 22.1. The summed E-state index contributed by atoms with van der Waals surface area (Å²) in [6, 6.07) is 88.1. The summed E-state index contributed by atoms with van der Waals surface area (Å²) in [7, 11) is 0. The van der Waals surface area contributed by atoms with Crippen molar-refractivity contribution in [3.05, 3.63) is 357 Å². The summed E-state index contributed by atoms with van der Waals surface area (Å²) >= 11 is 10.6. The lowest BCUT2D eigenvalue weighted by molar-refractivity contribution is 0.110. The summed E-state index contributed by atoms with van der Waals surface area (Å²) in [4.78, 5) is 11.8. The molecule has 3 aliphatic carbocycles. The summed E-state index contributed by atoms with van der Waals surface area (Å²) in [6.45, 7) is 35.8. The normalized spacial score (nSPS) is 18.9.